The minimum absolute atomic E-state index is 0.0987. The molecular weight excluding hydrogens is 208 g/mol. The molecule has 1 heterocycles. The monoisotopic (exact) mass is 214 g/mol. The van der Waals surface area contributed by atoms with Gasteiger partial charge in [0, 0.05) is 6.42 Å². The Labute approximate surface area is 73.0 Å². The first-order valence-electron chi connectivity index (χ1n) is 3.14. The lowest BCUT2D eigenvalue weighted by molar-refractivity contribution is -0.116. The number of hydrogen-bond donors (Lipinski definition) is 0. The Kier molecular flexibility index (Phi) is 2.70. The number of carbonyl (C=O) groups excluding carboxylic acids is 1. The number of nitrogens with zero attached hydrogens (tertiary/aromatic N) is 2. The quantitative estimate of drug-likeness (QED) is 0.748. The normalized spacial score (nSPS) is 9.64. The van der Waals surface area contributed by atoms with Gasteiger partial charge in [-0.25, -0.2) is 4.98 Å². The van der Waals surface area contributed by atoms with Gasteiger partial charge in [-0.1, -0.05) is 0 Å². The van der Waals surface area contributed by atoms with Crippen molar-refractivity contribution in [3.8, 4) is 0 Å². The lowest BCUT2D eigenvalue weighted by Crippen LogP contribution is -1.99. The number of aromatic nitrogens is 2. The molecule has 0 fully saturated rings. The Bertz CT molecular complexity index is 258. The number of hydrogen-bond acceptors (Lipinski definition) is 3. The zero-order chi connectivity index (χ0) is 8.27. The Hall–Kier alpha value is -0.770. The molecule has 0 aliphatic rings. The second-order valence-electron chi connectivity index (χ2n) is 2.21. The second kappa shape index (κ2) is 3.57. The zero-order valence-electron chi connectivity index (χ0n) is 6.04. The molecule has 58 valence electrons. The van der Waals surface area contributed by atoms with Crippen LogP contribution in [0.4, 0.5) is 0 Å². The third-order valence-corrected chi connectivity index (χ3v) is 1.51. The zero-order valence-corrected chi connectivity index (χ0v) is 7.63. The number of carbonyl (C=O) groups is 1. The van der Waals surface area contributed by atoms with Crippen molar-refractivity contribution in [3.63, 3.8) is 0 Å². The highest BCUT2D eigenvalue weighted by atomic mass is 79.9. The lowest BCUT2D eigenvalue weighted by Gasteiger charge is -1.94. The van der Waals surface area contributed by atoms with Crippen LogP contribution in [0.15, 0.2) is 17.0 Å². The molecule has 0 aliphatic carbocycles. The summed E-state index contributed by atoms with van der Waals surface area (Å²) in [5, 5.41) is 0. The highest BCUT2D eigenvalue weighted by molar-refractivity contribution is 9.10. The molecule has 0 aromatic carbocycles. The van der Waals surface area contributed by atoms with Crippen LogP contribution in [0, 0.1) is 0 Å². The van der Waals surface area contributed by atoms with Crippen molar-refractivity contribution in [2.45, 2.75) is 13.3 Å². The maximum absolute atomic E-state index is 10.6. The van der Waals surface area contributed by atoms with Crippen LogP contribution in [0.25, 0.3) is 0 Å². The minimum Gasteiger partial charge on any atom is -0.300 e. The van der Waals surface area contributed by atoms with Gasteiger partial charge in [0.1, 0.15) is 10.4 Å². The van der Waals surface area contributed by atoms with Crippen LogP contribution in [0.1, 0.15) is 12.6 Å². The summed E-state index contributed by atoms with van der Waals surface area (Å²) in [4.78, 5) is 18.5. The van der Waals surface area contributed by atoms with E-state index in [1.807, 2.05) is 0 Å². The second-order valence-corrected chi connectivity index (χ2v) is 3.02. The van der Waals surface area contributed by atoms with E-state index in [0.29, 0.717) is 16.7 Å². The van der Waals surface area contributed by atoms with Crippen molar-refractivity contribution >= 4 is 21.7 Å². The third-order valence-electron chi connectivity index (χ3n) is 1.10. The van der Waals surface area contributed by atoms with Gasteiger partial charge in [0.05, 0.1) is 18.1 Å². The summed E-state index contributed by atoms with van der Waals surface area (Å²) in [7, 11) is 0. The Morgan fingerprint density at radius 3 is 2.73 bits per heavy atom. The highest BCUT2D eigenvalue weighted by Crippen LogP contribution is 2.02. The fourth-order valence-corrected chi connectivity index (χ4v) is 0.890. The van der Waals surface area contributed by atoms with E-state index in [2.05, 4.69) is 25.9 Å². The Morgan fingerprint density at radius 1 is 1.55 bits per heavy atom. The summed E-state index contributed by atoms with van der Waals surface area (Å²) in [5.74, 6) is 0.0987. The maximum atomic E-state index is 10.6. The van der Waals surface area contributed by atoms with Gasteiger partial charge in [0.15, 0.2) is 0 Å². The van der Waals surface area contributed by atoms with E-state index in [9.17, 15) is 4.79 Å². The van der Waals surface area contributed by atoms with E-state index in [0.717, 1.165) is 0 Å². The van der Waals surface area contributed by atoms with Gasteiger partial charge in [-0.15, -0.1) is 0 Å². The summed E-state index contributed by atoms with van der Waals surface area (Å²) in [6, 6.07) is 0. The lowest BCUT2D eigenvalue weighted by atomic mass is 10.2. The fraction of sp³-hybridized carbons (Fsp3) is 0.286. The standard InChI is InChI=1S/C7H7BrN2O/c1-5(11)2-6-3-10-7(8)4-9-6/h3-4H,2H2,1H3. The summed E-state index contributed by atoms with van der Waals surface area (Å²) in [6.07, 6.45) is 3.53. The van der Waals surface area contributed by atoms with Crippen molar-refractivity contribution in [1.82, 2.24) is 9.97 Å². The van der Waals surface area contributed by atoms with Gasteiger partial charge in [-0.05, 0) is 22.9 Å². The van der Waals surface area contributed by atoms with E-state index in [1.165, 1.54) is 6.92 Å². The third kappa shape index (κ3) is 2.76. The number of halogens is 1. The maximum Gasteiger partial charge on any atom is 0.135 e. The van der Waals surface area contributed by atoms with Crippen LogP contribution >= 0.6 is 15.9 Å². The van der Waals surface area contributed by atoms with Crippen molar-refractivity contribution in [3.05, 3.63) is 22.7 Å². The molecular formula is C7H7BrN2O. The van der Waals surface area contributed by atoms with Gasteiger partial charge in [0.25, 0.3) is 0 Å². The molecule has 0 spiro atoms. The first-order chi connectivity index (χ1) is 5.18. The van der Waals surface area contributed by atoms with Crippen molar-refractivity contribution in [1.29, 1.82) is 0 Å². The van der Waals surface area contributed by atoms with E-state index in [4.69, 9.17) is 0 Å². The molecule has 0 aliphatic heterocycles. The molecule has 0 amide bonds. The molecule has 0 radical (unpaired) electrons. The van der Waals surface area contributed by atoms with Crippen molar-refractivity contribution < 1.29 is 4.79 Å². The molecule has 0 unspecified atom stereocenters. The van der Waals surface area contributed by atoms with E-state index in [-0.39, 0.29) is 5.78 Å². The van der Waals surface area contributed by atoms with Gasteiger partial charge in [-0.2, -0.15) is 0 Å². The molecule has 3 nitrogen and oxygen atoms in total. The largest absolute Gasteiger partial charge is 0.300 e. The van der Waals surface area contributed by atoms with Crippen molar-refractivity contribution in [2.75, 3.05) is 0 Å². The number of ketones is 1. The molecule has 1 rings (SSSR count). The van der Waals surface area contributed by atoms with Crippen LogP contribution in [0.2, 0.25) is 0 Å². The SMILES string of the molecule is CC(=O)Cc1cnc(Br)cn1. The van der Waals surface area contributed by atoms with Gasteiger partial charge in [-0.3, -0.25) is 9.78 Å². The van der Waals surface area contributed by atoms with Crippen LogP contribution < -0.4 is 0 Å². The predicted molar refractivity (Wildman–Crippen MR) is 44.1 cm³/mol. The average Bonchev–Trinajstić information content (AvgIpc) is 1.93. The molecule has 4 heteroatoms. The number of Topliss-reactive ketones (excluding diaryl/α,β-unsaturated/α-hetero) is 1. The predicted octanol–water partition coefficient (Wildman–Crippen LogP) is 1.37. The van der Waals surface area contributed by atoms with Gasteiger partial charge < -0.3 is 0 Å². The van der Waals surface area contributed by atoms with E-state index >= 15 is 0 Å². The molecule has 0 N–H and O–H groups in total. The van der Waals surface area contributed by atoms with Crippen molar-refractivity contribution in [2.24, 2.45) is 0 Å². The molecule has 1 aromatic heterocycles. The number of rotatable bonds is 2. The molecule has 0 bridgehead atoms. The summed E-state index contributed by atoms with van der Waals surface area (Å²) in [6.45, 7) is 1.53. The van der Waals surface area contributed by atoms with Gasteiger partial charge in [0.2, 0.25) is 0 Å². The van der Waals surface area contributed by atoms with Crippen LogP contribution in [0.5, 0.6) is 0 Å². The minimum atomic E-state index is 0.0987. The van der Waals surface area contributed by atoms with E-state index in [1.54, 1.807) is 12.4 Å². The summed E-state index contributed by atoms with van der Waals surface area (Å²) in [5.41, 5.74) is 0.709. The average molecular weight is 215 g/mol. The Morgan fingerprint density at radius 2 is 2.27 bits per heavy atom. The van der Waals surface area contributed by atoms with Gasteiger partial charge >= 0.3 is 0 Å². The van der Waals surface area contributed by atoms with Crippen LogP contribution in [-0.2, 0) is 11.2 Å². The first-order valence-corrected chi connectivity index (χ1v) is 3.93. The topological polar surface area (TPSA) is 42.9 Å². The summed E-state index contributed by atoms with van der Waals surface area (Å²) >= 11 is 3.15. The summed E-state index contributed by atoms with van der Waals surface area (Å²) < 4.78 is 0.685. The Balaban J connectivity index is 2.74. The first kappa shape index (κ1) is 8.33. The molecule has 0 saturated carbocycles. The van der Waals surface area contributed by atoms with Crippen LogP contribution in [0.3, 0.4) is 0 Å². The fourth-order valence-electron chi connectivity index (χ4n) is 0.685. The van der Waals surface area contributed by atoms with Crippen LogP contribution in [-0.4, -0.2) is 15.8 Å². The molecule has 11 heavy (non-hydrogen) atoms. The molecule has 1 aromatic rings. The smallest absolute Gasteiger partial charge is 0.135 e. The highest BCUT2D eigenvalue weighted by Gasteiger charge is 1.98. The van der Waals surface area contributed by atoms with E-state index < -0.39 is 0 Å². The molecule has 0 saturated heterocycles. The molecule has 0 atom stereocenters.